The summed E-state index contributed by atoms with van der Waals surface area (Å²) in [6.07, 6.45) is 2.00. The minimum absolute atomic E-state index is 0.109. The summed E-state index contributed by atoms with van der Waals surface area (Å²) >= 11 is 1.34. The summed E-state index contributed by atoms with van der Waals surface area (Å²) in [6.45, 7) is 0. The van der Waals surface area contributed by atoms with E-state index in [0.717, 1.165) is 15.8 Å². The predicted octanol–water partition coefficient (Wildman–Crippen LogP) is 2.35. The molecular formula is C11H11NO2S. The number of hydrogen-bond acceptors (Lipinski definition) is 2. The van der Waals surface area contributed by atoms with Crippen LogP contribution in [0.25, 0.3) is 10.9 Å². The second kappa shape index (κ2) is 3.98. The van der Waals surface area contributed by atoms with E-state index in [-0.39, 0.29) is 5.75 Å². The molecule has 1 aromatic carbocycles. The lowest BCUT2D eigenvalue weighted by Crippen LogP contribution is -1.97. The van der Waals surface area contributed by atoms with Crippen LogP contribution in [0.1, 0.15) is 0 Å². The van der Waals surface area contributed by atoms with Crippen LogP contribution in [-0.2, 0) is 11.8 Å². The molecule has 0 aliphatic heterocycles. The number of aryl methyl sites for hydroxylation is 1. The van der Waals surface area contributed by atoms with Crippen molar-refractivity contribution in [2.24, 2.45) is 7.05 Å². The van der Waals surface area contributed by atoms with E-state index >= 15 is 0 Å². The predicted molar refractivity (Wildman–Crippen MR) is 61.3 cm³/mol. The molecule has 4 heteroatoms. The van der Waals surface area contributed by atoms with Crippen LogP contribution in [-0.4, -0.2) is 21.4 Å². The summed E-state index contributed by atoms with van der Waals surface area (Å²) < 4.78 is 2.04. The number of carboxylic acids is 1. The van der Waals surface area contributed by atoms with Crippen molar-refractivity contribution in [2.45, 2.75) is 4.90 Å². The number of carboxylic acid groups (broad SMARTS) is 1. The van der Waals surface area contributed by atoms with E-state index in [1.54, 1.807) is 0 Å². The number of aromatic nitrogens is 1. The molecule has 0 bridgehead atoms. The van der Waals surface area contributed by atoms with E-state index in [0.29, 0.717) is 0 Å². The molecule has 2 aromatic rings. The van der Waals surface area contributed by atoms with Gasteiger partial charge in [0.25, 0.3) is 0 Å². The third-order valence-corrected chi connectivity index (χ3v) is 3.20. The molecule has 1 heterocycles. The Hall–Kier alpha value is -1.42. The smallest absolute Gasteiger partial charge is 0.313 e. The summed E-state index contributed by atoms with van der Waals surface area (Å²) in [4.78, 5) is 11.4. The number of hydrogen-bond donors (Lipinski definition) is 1. The number of carbonyl (C=O) groups is 1. The van der Waals surface area contributed by atoms with Gasteiger partial charge in [0.1, 0.15) is 0 Å². The first-order chi connectivity index (χ1) is 7.16. The van der Waals surface area contributed by atoms with Crippen LogP contribution in [0, 0.1) is 0 Å². The van der Waals surface area contributed by atoms with E-state index in [2.05, 4.69) is 0 Å². The van der Waals surface area contributed by atoms with Crippen LogP contribution in [0.3, 0.4) is 0 Å². The lowest BCUT2D eigenvalue weighted by molar-refractivity contribution is -0.133. The molecule has 0 radical (unpaired) electrons. The fraction of sp³-hybridized carbons (Fsp3) is 0.182. The molecule has 0 atom stereocenters. The quantitative estimate of drug-likeness (QED) is 0.809. The fourth-order valence-electron chi connectivity index (χ4n) is 1.49. The summed E-state index contributed by atoms with van der Waals surface area (Å²) in [6, 6.07) is 8.01. The highest BCUT2D eigenvalue weighted by molar-refractivity contribution is 8.00. The van der Waals surface area contributed by atoms with E-state index < -0.39 is 5.97 Å². The Morgan fingerprint density at radius 2 is 2.27 bits per heavy atom. The number of thioether (sulfide) groups is 1. The second-order valence-electron chi connectivity index (χ2n) is 3.33. The van der Waals surface area contributed by atoms with Crippen molar-refractivity contribution in [1.82, 2.24) is 4.57 Å². The highest BCUT2D eigenvalue weighted by Gasteiger charge is 2.02. The Kier molecular flexibility index (Phi) is 2.68. The first kappa shape index (κ1) is 10.1. The average Bonchev–Trinajstić information content (AvgIpc) is 2.57. The highest BCUT2D eigenvalue weighted by atomic mass is 32.2. The fourth-order valence-corrected chi connectivity index (χ4v) is 2.16. The Bertz CT molecular complexity index is 504. The van der Waals surface area contributed by atoms with Gasteiger partial charge < -0.3 is 9.67 Å². The van der Waals surface area contributed by atoms with Gasteiger partial charge in [-0.3, -0.25) is 4.79 Å². The molecule has 0 aliphatic carbocycles. The van der Waals surface area contributed by atoms with E-state index in [1.807, 2.05) is 42.1 Å². The molecule has 0 unspecified atom stereocenters. The third kappa shape index (κ3) is 2.15. The van der Waals surface area contributed by atoms with Crippen LogP contribution in [0.2, 0.25) is 0 Å². The first-order valence-corrected chi connectivity index (χ1v) is 5.55. The molecule has 1 N–H and O–H groups in total. The SMILES string of the molecule is Cn1ccc2cc(SCC(=O)O)ccc21. The van der Waals surface area contributed by atoms with Gasteiger partial charge in [0.05, 0.1) is 5.75 Å². The number of aliphatic carboxylic acids is 1. The van der Waals surface area contributed by atoms with Gasteiger partial charge >= 0.3 is 5.97 Å². The molecule has 2 rings (SSSR count). The third-order valence-electron chi connectivity index (χ3n) is 2.22. The molecule has 15 heavy (non-hydrogen) atoms. The Morgan fingerprint density at radius 3 is 3.00 bits per heavy atom. The molecule has 3 nitrogen and oxygen atoms in total. The van der Waals surface area contributed by atoms with Crippen molar-refractivity contribution < 1.29 is 9.90 Å². The molecule has 0 saturated heterocycles. The first-order valence-electron chi connectivity index (χ1n) is 4.56. The Labute approximate surface area is 91.7 Å². The number of benzene rings is 1. The normalized spacial score (nSPS) is 10.7. The van der Waals surface area contributed by atoms with Gasteiger partial charge in [0.2, 0.25) is 0 Å². The minimum atomic E-state index is -0.784. The topological polar surface area (TPSA) is 42.2 Å². The largest absolute Gasteiger partial charge is 0.481 e. The van der Waals surface area contributed by atoms with Crippen molar-refractivity contribution in [3.63, 3.8) is 0 Å². The van der Waals surface area contributed by atoms with Gasteiger partial charge in [-0.1, -0.05) is 0 Å². The summed E-state index contributed by atoms with van der Waals surface area (Å²) in [5.41, 5.74) is 1.16. The summed E-state index contributed by atoms with van der Waals surface area (Å²) in [5.74, 6) is -0.675. The van der Waals surface area contributed by atoms with Crippen molar-refractivity contribution in [3.05, 3.63) is 30.5 Å². The highest BCUT2D eigenvalue weighted by Crippen LogP contribution is 2.23. The lowest BCUT2D eigenvalue weighted by atomic mass is 10.2. The van der Waals surface area contributed by atoms with Crippen molar-refractivity contribution >= 4 is 28.6 Å². The molecule has 0 spiro atoms. The molecular weight excluding hydrogens is 210 g/mol. The zero-order chi connectivity index (χ0) is 10.8. The summed E-state index contributed by atoms with van der Waals surface area (Å²) in [7, 11) is 1.99. The number of nitrogens with zero attached hydrogens (tertiary/aromatic N) is 1. The Morgan fingerprint density at radius 1 is 1.47 bits per heavy atom. The summed E-state index contributed by atoms with van der Waals surface area (Å²) in [5, 5.41) is 9.71. The van der Waals surface area contributed by atoms with Crippen LogP contribution < -0.4 is 0 Å². The zero-order valence-corrected chi connectivity index (χ0v) is 9.12. The van der Waals surface area contributed by atoms with Gasteiger partial charge in [0.15, 0.2) is 0 Å². The molecule has 1 aromatic heterocycles. The molecule has 78 valence electrons. The van der Waals surface area contributed by atoms with Crippen molar-refractivity contribution in [2.75, 3.05) is 5.75 Å². The maximum atomic E-state index is 10.4. The molecule has 0 fully saturated rings. The maximum Gasteiger partial charge on any atom is 0.313 e. The van der Waals surface area contributed by atoms with Gasteiger partial charge in [-0.2, -0.15) is 0 Å². The molecule has 0 saturated carbocycles. The number of rotatable bonds is 3. The second-order valence-corrected chi connectivity index (χ2v) is 4.38. The zero-order valence-electron chi connectivity index (χ0n) is 8.30. The van der Waals surface area contributed by atoms with Gasteiger partial charge in [-0.05, 0) is 24.3 Å². The van der Waals surface area contributed by atoms with Crippen molar-refractivity contribution in [1.29, 1.82) is 0 Å². The number of fused-ring (bicyclic) bond motifs is 1. The standard InChI is InChI=1S/C11H11NO2S/c1-12-5-4-8-6-9(2-3-10(8)12)15-7-11(13)14/h2-6H,7H2,1H3,(H,13,14). The molecule has 0 aliphatic rings. The Balaban J connectivity index is 2.27. The van der Waals surface area contributed by atoms with Crippen LogP contribution in [0.4, 0.5) is 0 Å². The minimum Gasteiger partial charge on any atom is -0.481 e. The van der Waals surface area contributed by atoms with E-state index in [1.165, 1.54) is 11.8 Å². The monoisotopic (exact) mass is 221 g/mol. The van der Waals surface area contributed by atoms with Crippen LogP contribution >= 0.6 is 11.8 Å². The lowest BCUT2D eigenvalue weighted by Gasteiger charge is -2.00. The van der Waals surface area contributed by atoms with Gasteiger partial charge in [0, 0.05) is 29.0 Å². The van der Waals surface area contributed by atoms with Gasteiger partial charge in [-0.15, -0.1) is 11.8 Å². The van der Waals surface area contributed by atoms with Crippen molar-refractivity contribution in [3.8, 4) is 0 Å². The van der Waals surface area contributed by atoms with Crippen LogP contribution in [0.5, 0.6) is 0 Å². The van der Waals surface area contributed by atoms with Gasteiger partial charge in [-0.25, -0.2) is 0 Å². The maximum absolute atomic E-state index is 10.4. The molecule has 0 amide bonds. The van der Waals surface area contributed by atoms with E-state index in [9.17, 15) is 4.79 Å². The van der Waals surface area contributed by atoms with Crippen LogP contribution in [0.15, 0.2) is 35.4 Å². The average molecular weight is 221 g/mol. The van der Waals surface area contributed by atoms with E-state index in [4.69, 9.17) is 5.11 Å².